The summed E-state index contributed by atoms with van der Waals surface area (Å²) >= 11 is 0. The van der Waals surface area contributed by atoms with Gasteiger partial charge in [0.2, 0.25) is 0 Å². The molecular weight excluding hydrogens is 568 g/mol. The molecule has 3 aliphatic heterocycles. The van der Waals surface area contributed by atoms with E-state index in [9.17, 15) is 9.59 Å². The molecule has 1 saturated carbocycles. The Bertz CT molecular complexity index is 1290. The highest BCUT2D eigenvalue weighted by molar-refractivity contribution is 5.98. The second kappa shape index (κ2) is 14.0. The maximum atomic E-state index is 13.5. The number of likely N-dealkylation sites (tertiary alicyclic amines) is 2. The van der Waals surface area contributed by atoms with Crippen LogP contribution in [0.5, 0.6) is 5.75 Å². The van der Waals surface area contributed by atoms with E-state index >= 15 is 0 Å². The summed E-state index contributed by atoms with van der Waals surface area (Å²) in [5, 5.41) is 4.41. The number of amides is 2. The number of hydrogen-bond acceptors (Lipinski definition) is 7. The van der Waals surface area contributed by atoms with Gasteiger partial charge in [-0.15, -0.1) is 0 Å². The summed E-state index contributed by atoms with van der Waals surface area (Å²) in [5.74, 6) is 2.08. The molecule has 3 saturated heterocycles. The maximum Gasteiger partial charge on any atom is 0.410 e. The minimum Gasteiger partial charge on any atom is -0.497 e. The van der Waals surface area contributed by atoms with Gasteiger partial charge in [0.1, 0.15) is 22.7 Å². The summed E-state index contributed by atoms with van der Waals surface area (Å²) in [6, 6.07) is 7.88. The zero-order valence-corrected chi connectivity index (χ0v) is 27.3. The third-order valence-corrected chi connectivity index (χ3v) is 11.1. The van der Waals surface area contributed by atoms with E-state index in [1.165, 1.54) is 44.9 Å². The molecule has 2 aromatic rings. The molecule has 1 unspecified atom stereocenters. The van der Waals surface area contributed by atoms with Gasteiger partial charge in [0.25, 0.3) is 5.91 Å². The van der Waals surface area contributed by atoms with Gasteiger partial charge in [-0.2, -0.15) is 5.10 Å². The van der Waals surface area contributed by atoms with Crippen LogP contribution in [-0.4, -0.2) is 94.5 Å². The van der Waals surface area contributed by atoms with Crippen LogP contribution in [0.3, 0.4) is 0 Å². The first-order valence-corrected chi connectivity index (χ1v) is 17.4. The smallest absolute Gasteiger partial charge is 0.410 e. The fourth-order valence-electron chi connectivity index (χ4n) is 8.30. The quantitative estimate of drug-likeness (QED) is 0.381. The van der Waals surface area contributed by atoms with E-state index < -0.39 is 0 Å². The van der Waals surface area contributed by atoms with Gasteiger partial charge in [0, 0.05) is 64.1 Å². The second-order valence-electron chi connectivity index (χ2n) is 13.8. The number of piperidine rings is 2. The molecule has 2 amide bonds. The summed E-state index contributed by atoms with van der Waals surface area (Å²) in [7, 11) is 1.63. The van der Waals surface area contributed by atoms with E-state index in [4.69, 9.17) is 15.2 Å². The lowest BCUT2D eigenvalue weighted by Gasteiger charge is -2.52. The molecule has 4 heterocycles. The van der Waals surface area contributed by atoms with Crippen LogP contribution >= 0.6 is 0 Å². The number of nitrogen functional groups attached to an aromatic ring is 1. The Morgan fingerprint density at radius 3 is 2.42 bits per heavy atom. The summed E-state index contributed by atoms with van der Waals surface area (Å²) in [4.78, 5) is 33.3. The van der Waals surface area contributed by atoms with Gasteiger partial charge in [-0.3, -0.25) is 9.69 Å². The third-order valence-electron chi connectivity index (χ3n) is 11.1. The largest absolute Gasteiger partial charge is 0.497 e. The van der Waals surface area contributed by atoms with Crippen LogP contribution in [0.25, 0.3) is 5.69 Å². The molecule has 4 fully saturated rings. The van der Waals surface area contributed by atoms with Crippen molar-refractivity contribution in [3.05, 3.63) is 36.0 Å². The van der Waals surface area contributed by atoms with E-state index in [0.29, 0.717) is 42.3 Å². The highest BCUT2D eigenvalue weighted by Gasteiger charge is 2.50. The van der Waals surface area contributed by atoms with E-state index in [-0.39, 0.29) is 17.6 Å². The minimum absolute atomic E-state index is 0.0611. The van der Waals surface area contributed by atoms with Crippen LogP contribution in [0.4, 0.5) is 10.6 Å². The predicted molar refractivity (Wildman–Crippen MR) is 175 cm³/mol. The monoisotopic (exact) mass is 620 g/mol. The molecule has 4 aliphatic rings. The normalized spacial score (nSPS) is 23.3. The molecule has 0 bridgehead atoms. The van der Waals surface area contributed by atoms with Crippen molar-refractivity contribution in [2.75, 3.05) is 52.1 Å². The van der Waals surface area contributed by atoms with Crippen molar-refractivity contribution in [3.8, 4) is 11.4 Å². The molecule has 45 heavy (non-hydrogen) atoms. The molecule has 1 atom stereocenters. The molecule has 1 spiro atoms. The Balaban J connectivity index is 1.02. The molecule has 6 rings (SSSR count). The Hall–Kier alpha value is -3.27. The number of aromatic nitrogens is 2. The second-order valence-corrected chi connectivity index (χ2v) is 13.8. The summed E-state index contributed by atoms with van der Waals surface area (Å²) < 4.78 is 13.3. The lowest BCUT2D eigenvalue weighted by molar-refractivity contribution is -0.127. The Kier molecular flexibility index (Phi) is 9.87. The van der Waals surface area contributed by atoms with E-state index in [0.717, 1.165) is 69.7 Å². The number of hydrogen-bond donors (Lipinski definition) is 1. The van der Waals surface area contributed by atoms with Gasteiger partial charge in [-0.1, -0.05) is 39.0 Å². The molecule has 1 aromatic carbocycles. The SMILES string of the molecule is CCCCC1CN(CC2CCCCC2)C(=O)OC12CCN(C1CCN(C(=O)c3cnn(-c4ccc(OC)cc4)c3N)CC1)CC2. The first kappa shape index (κ1) is 31.7. The number of carbonyl (C=O) groups excluding carboxylic acids is 2. The standard InChI is InChI=1S/C35H52N6O4/c1-3-4-10-27-25-40(24-26-8-6-5-7-9-26)34(43)45-35(27)17-21-38(22-18-35)28-15-19-39(20-16-28)33(42)31-23-37-41(32(31)36)29-11-13-30(44-2)14-12-29/h11-14,23,26-28H,3-10,15-22,24-25,36H2,1-2H3. The Morgan fingerprint density at radius 1 is 1.04 bits per heavy atom. The zero-order valence-electron chi connectivity index (χ0n) is 27.3. The van der Waals surface area contributed by atoms with Gasteiger partial charge in [0.15, 0.2) is 0 Å². The highest BCUT2D eigenvalue weighted by atomic mass is 16.6. The van der Waals surface area contributed by atoms with Gasteiger partial charge in [-0.05, 0) is 62.3 Å². The first-order valence-electron chi connectivity index (χ1n) is 17.4. The van der Waals surface area contributed by atoms with Crippen molar-refractivity contribution in [2.24, 2.45) is 11.8 Å². The fraction of sp³-hybridized carbons (Fsp3) is 0.686. The van der Waals surface area contributed by atoms with E-state index in [1.54, 1.807) is 18.0 Å². The topological polar surface area (TPSA) is 106 Å². The summed E-state index contributed by atoms with van der Waals surface area (Å²) in [6.07, 6.45) is 15.1. The van der Waals surface area contributed by atoms with Gasteiger partial charge < -0.3 is 25.0 Å². The number of methoxy groups -OCH3 is 1. The molecule has 10 heteroatoms. The number of nitrogens with two attached hydrogens (primary N) is 1. The number of benzene rings is 1. The number of unbranched alkanes of at least 4 members (excludes halogenated alkanes) is 1. The summed E-state index contributed by atoms with van der Waals surface area (Å²) in [6.45, 7) is 7.26. The van der Waals surface area contributed by atoms with Crippen LogP contribution in [0.1, 0.15) is 94.3 Å². The Labute approximate surface area is 268 Å². The van der Waals surface area contributed by atoms with Crippen LogP contribution in [-0.2, 0) is 4.74 Å². The number of carbonyl (C=O) groups is 2. The van der Waals surface area contributed by atoms with Crippen molar-refractivity contribution in [1.29, 1.82) is 0 Å². The minimum atomic E-state index is -0.329. The van der Waals surface area contributed by atoms with Gasteiger partial charge >= 0.3 is 6.09 Å². The van der Waals surface area contributed by atoms with Crippen LogP contribution in [0, 0.1) is 11.8 Å². The number of rotatable bonds is 9. The maximum absolute atomic E-state index is 13.5. The Morgan fingerprint density at radius 2 is 1.76 bits per heavy atom. The third kappa shape index (κ3) is 6.81. The lowest BCUT2D eigenvalue weighted by Crippen LogP contribution is -2.61. The number of anilines is 1. The van der Waals surface area contributed by atoms with E-state index in [1.807, 2.05) is 34.1 Å². The average molecular weight is 621 g/mol. The highest BCUT2D eigenvalue weighted by Crippen LogP contribution is 2.42. The summed E-state index contributed by atoms with van der Waals surface area (Å²) in [5.41, 5.74) is 7.30. The van der Waals surface area contributed by atoms with Crippen LogP contribution < -0.4 is 10.5 Å². The molecule has 2 N–H and O–H groups in total. The molecule has 0 radical (unpaired) electrons. The molecule has 1 aliphatic carbocycles. The fourth-order valence-corrected chi connectivity index (χ4v) is 8.30. The van der Waals surface area contributed by atoms with Crippen molar-refractivity contribution < 1.29 is 19.1 Å². The average Bonchev–Trinajstić information content (AvgIpc) is 3.47. The molecule has 246 valence electrons. The predicted octanol–water partition coefficient (Wildman–Crippen LogP) is 5.74. The van der Waals surface area contributed by atoms with Gasteiger partial charge in [0.05, 0.1) is 19.0 Å². The van der Waals surface area contributed by atoms with E-state index in [2.05, 4.69) is 16.9 Å². The molecule has 10 nitrogen and oxygen atoms in total. The zero-order chi connectivity index (χ0) is 31.4. The van der Waals surface area contributed by atoms with Crippen LogP contribution in [0.15, 0.2) is 30.5 Å². The lowest BCUT2D eigenvalue weighted by atomic mass is 9.75. The van der Waals surface area contributed by atoms with Crippen molar-refractivity contribution >= 4 is 17.8 Å². The van der Waals surface area contributed by atoms with Crippen molar-refractivity contribution in [1.82, 2.24) is 24.5 Å². The van der Waals surface area contributed by atoms with Gasteiger partial charge in [-0.25, -0.2) is 9.48 Å². The van der Waals surface area contributed by atoms with Crippen molar-refractivity contribution in [2.45, 2.75) is 95.6 Å². The van der Waals surface area contributed by atoms with Crippen molar-refractivity contribution in [3.63, 3.8) is 0 Å². The number of nitrogens with zero attached hydrogens (tertiary/aromatic N) is 5. The molecule has 1 aromatic heterocycles. The first-order chi connectivity index (χ1) is 21.9. The van der Waals surface area contributed by atoms with Crippen LogP contribution in [0.2, 0.25) is 0 Å². The molecular formula is C35H52N6O4. The number of ether oxygens (including phenoxy) is 2.